The van der Waals surface area contributed by atoms with E-state index in [1.807, 2.05) is 44.2 Å². The van der Waals surface area contributed by atoms with Gasteiger partial charge in [0.1, 0.15) is 18.1 Å². The highest BCUT2D eigenvalue weighted by Crippen LogP contribution is 2.51. The molecule has 0 saturated heterocycles. The number of phenols is 2. The lowest BCUT2D eigenvalue weighted by Crippen LogP contribution is -2.03. The molecule has 184 valence electrons. The summed E-state index contributed by atoms with van der Waals surface area (Å²) >= 11 is 0. The summed E-state index contributed by atoms with van der Waals surface area (Å²) in [5.41, 5.74) is 3.88. The summed E-state index contributed by atoms with van der Waals surface area (Å²) in [6, 6.07) is 14.2. The van der Waals surface area contributed by atoms with Gasteiger partial charge >= 0.3 is 0 Å². The van der Waals surface area contributed by atoms with Crippen LogP contribution >= 0.6 is 0 Å². The Kier molecular flexibility index (Phi) is 7.39. The summed E-state index contributed by atoms with van der Waals surface area (Å²) in [6.07, 6.45) is 4.25. The number of allylic oxidation sites excluding steroid dienone is 1. The van der Waals surface area contributed by atoms with Crippen molar-refractivity contribution < 1.29 is 29.2 Å². The average Bonchev–Trinajstić information content (AvgIpc) is 3.68. The van der Waals surface area contributed by atoms with E-state index in [4.69, 9.17) is 18.9 Å². The molecule has 3 aromatic rings. The third kappa shape index (κ3) is 5.65. The standard InChI is InChI=1S/C29H32O6/c1-18(2)13-14-34-24-12-9-21(15-25(24)32-3)27-26(33-4)16-23(20-7-10-22(30)11-8-20)29(28(27)31)35-17-19-5-6-19/h7-13,15-16,19,30-31H,5-6,14,17H2,1-4H3. The molecule has 0 heterocycles. The van der Waals surface area contributed by atoms with E-state index in [1.165, 1.54) is 5.57 Å². The number of hydrogen-bond donors (Lipinski definition) is 2. The van der Waals surface area contributed by atoms with Crippen LogP contribution < -0.4 is 18.9 Å². The summed E-state index contributed by atoms with van der Waals surface area (Å²) in [4.78, 5) is 0. The van der Waals surface area contributed by atoms with Crippen LogP contribution in [-0.4, -0.2) is 37.6 Å². The van der Waals surface area contributed by atoms with Crippen LogP contribution in [0.15, 0.2) is 60.2 Å². The average molecular weight is 477 g/mol. The molecular weight excluding hydrogens is 444 g/mol. The second-order valence-electron chi connectivity index (χ2n) is 8.94. The number of methoxy groups -OCH3 is 2. The van der Waals surface area contributed by atoms with Crippen molar-refractivity contribution in [1.82, 2.24) is 0 Å². The van der Waals surface area contributed by atoms with Gasteiger partial charge in [-0.15, -0.1) is 0 Å². The van der Waals surface area contributed by atoms with Crippen molar-refractivity contribution in [3.8, 4) is 56.8 Å². The Balaban J connectivity index is 1.79. The van der Waals surface area contributed by atoms with E-state index in [-0.39, 0.29) is 11.5 Å². The largest absolute Gasteiger partial charge is 0.508 e. The van der Waals surface area contributed by atoms with Crippen LogP contribution in [0.2, 0.25) is 0 Å². The Bertz CT molecular complexity index is 1200. The lowest BCUT2D eigenvalue weighted by molar-refractivity contribution is 0.285. The van der Waals surface area contributed by atoms with Gasteiger partial charge in [-0.2, -0.15) is 0 Å². The highest BCUT2D eigenvalue weighted by atomic mass is 16.5. The van der Waals surface area contributed by atoms with Crippen molar-refractivity contribution in [3.05, 3.63) is 60.2 Å². The first-order valence-electron chi connectivity index (χ1n) is 11.7. The molecule has 6 heteroatoms. The molecule has 0 spiro atoms. The summed E-state index contributed by atoms with van der Waals surface area (Å²) in [7, 11) is 3.15. The van der Waals surface area contributed by atoms with E-state index in [9.17, 15) is 10.2 Å². The molecule has 0 aromatic heterocycles. The molecule has 0 unspecified atom stereocenters. The third-order valence-electron chi connectivity index (χ3n) is 5.96. The van der Waals surface area contributed by atoms with E-state index in [1.54, 1.807) is 38.5 Å². The highest BCUT2D eigenvalue weighted by Gasteiger charge is 2.27. The van der Waals surface area contributed by atoms with Gasteiger partial charge in [-0.1, -0.05) is 23.8 Å². The maximum Gasteiger partial charge on any atom is 0.170 e. The minimum atomic E-state index is -0.00617. The van der Waals surface area contributed by atoms with Gasteiger partial charge in [-0.05, 0) is 80.1 Å². The number of rotatable bonds is 10. The van der Waals surface area contributed by atoms with Gasteiger partial charge in [0.25, 0.3) is 0 Å². The first-order chi connectivity index (χ1) is 16.9. The predicted molar refractivity (Wildman–Crippen MR) is 137 cm³/mol. The number of aromatic hydroxyl groups is 2. The van der Waals surface area contributed by atoms with E-state index in [0.29, 0.717) is 58.8 Å². The predicted octanol–water partition coefficient (Wildman–Crippen LogP) is 6.58. The lowest BCUT2D eigenvalue weighted by Gasteiger charge is -2.20. The molecular formula is C29H32O6. The molecule has 0 atom stereocenters. The third-order valence-corrected chi connectivity index (χ3v) is 5.96. The monoisotopic (exact) mass is 476 g/mol. The minimum Gasteiger partial charge on any atom is -0.508 e. The molecule has 1 fully saturated rings. The lowest BCUT2D eigenvalue weighted by atomic mass is 9.96. The summed E-state index contributed by atoms with van der Waals surface area (Å²) in [5.74, 6) is 2.71. The molecule has 0 aliphatic heterocycles. The first kappa shape index (κ1) is 24.3. The van der Waals surface area contributed by atoms with Crippen LogP contribution in [0.4, 0.5) is 0 Å². The zero-order chi connectivity index (χ0) is 24.9. The fraction of sp³-hybridized carbons (Fsp3) is 0.310. The van der Waals surface area contributed by atoms with Crippen molar-refractivity contribution in [1.29, 1.82) is 0 Å². The molecule has 0 amide bonds. The zero-order valence-electron chi connectivity index (χ0n) is 20.6. The normalized spacial score (nSPS) is 12.7. The van der Waals surface area contributed by atoms with Crippen LogP contribution in [0.3, 0.4) is 0 Å². The van der Waals surface area contributed by atoms with Crippen LogP contribution in [0.1, 0.15) is 26.7 Å². The molecule has 2 N–H and O–H groups in total. The quantitative estimate of drug-likeness (QED) is 0.322. The number of phenolic OH excluding ortho intramolecular Hbond substituents is 2. The Morgan fingerprint density at radius 3 is 2.17 bits per heavy atom. The number of ether oxygens (including phenoxy) is 4. The van der Waals surface area contributed by atoms with Crippen LogP contribution in [0.25, 0.3) is 22.3 Å². The van der Waals surface area contributed by atoms with Gasteiger partial charge in [-0.3, -0.25) is 0 Å². The van der Waals surface area contributed by atoms with Crippen molar-refractivity contribution in [2.45, 2.75) is 26.7 Å². The second kappa shape index (κ2) is 10.6. The molecule has 6 nitrogen and oxygen atoms in total. The zero-order valence-corrected chi connectivity index (χ0v) is 20.6. The maximum atomic E-state index is 11.5. The Morgan fingerprint density at radius 1 is 0.857 bits per heavy atom. The van der Waals surface area contributed by atoms with E-state index in [0.717, 1.165) is 18.4 Å². The van der Waals surface area contributed by atoms with Crippen molar-refractivity contribution in [2.24, 2.45) is 5.92 Å². The topological polar surface area (TPSA) is 77.4 Å². The Morgan fingerprint density at radius 2 is 1.54 bits per heavy atom. The highest BCUT2D eigenvalue weighted by molar-refractivity contribution is 5.88. The minimum absolute atomic E-state index is 0.00617. The fourth-order valence-electron chi connectivity index (χ4n) is 3.79. The number of hydrogen-bond acceptors (Lipinski definition) is 6. The molecule has 1 aliphatic carbocycles. The van der Waals surface area contributed by atoms with Gasteiger partial charge < -0.3 is 29.2 Å². The Hall–Kier alpha value is -3.80. The fourth-order valence-corrected chi connectivity index (χ4v) is 3.79. The molecule has 1 aliphatic rings. The Labute approximate surface area is 206 Å². The maximum absolute atomic E-state index is 11.5. The summed E-state index contributed by atoms with van der Waals surface area (Å²) in [6.45, 7) is 5.00. The molecule has 35 heavy (non-hydrogen) atoms. The van der Waals surface area contributed by atoms with E-state index < -0.39 is 0 Å². The summed E-state index contributed by atoms with van der Waals surface area (Å²) < 4.78 is 23.3. The van der Waals surface area contributed by atoms with Crippen LogP contribution in [-0.2, 0) is 0 Å². The molecule has 0 radical (unpaired) electrons. The van der Waals surface area contributed by atoms with Gasteiger partial charge in [-0.25, -0.2) is 0 Å². The van der Waals surface area contributed by atoms with E-state index >= 15 is 0 Å². The van der Waals surface area contributed by atoms with Crippen LogP contribution in [0.5, 0.6) is 34.5 Å². The van der Waals surface area contributed by atoms with Crippen molar-refractivity contribution in [3.63, 3.8) is 0 Å². The van der Waals surface area contributed by atoms with Gasteiger partial charge in [0, 0.05) is 5.56 Å². The SMILES string of the molecule is COc1cc(-c2c(OC)cc(-c3ccc(O)cc3)c(OCC3CC3)c2O)ccc1OCC=C(C)C. The molecule has 3 aromatic carbocycles. The molecule has 0 bridgehead atoms. The van der Waals surface area contributed by atoms with Crippen molar-refractivity contribution in [2.75, 3.05) is 27.4 Å². The van der Waals surface area contributed by atoms with Gasteiger partial charge in [0.15, 0.2) is 23.0 Å². The van der Waals surface area contributed by atoms with E-state index in [2.05, 4.69) is 0 Å². The first-order valence-corrected chi connectivity index (χ1v) is 11.7. The second-order valence-corrected chi connectivity index (χ2v) is 8.94. The number of benzene rings is 3. The van der Waals surface area contributed by atoms with Crippen LogP contribution in [0, 0.1) is 5.92 Å². The smallest absolute Gasteiger partial charge is 0.170 e. The molecule has 1 saturated carbocycles. The van der Waals surface area contributed by atoms with Gasteiger partial charge in [0.05, 0.1) is 26.4 Å². The summed E-state index contributed by atoms with van der Waals surface area (Å²) in [5, 5.41) is 21.2. The molecule has 4 rings (SSSR count). The van der Waals surface area contributed by atoms with Gasteiger partial charge in [0.2, 0.25) is 0 Å². The van der Waals surface area contributed by atoms with Crippen molar-refractivity contribution >= 4 is 0 Å².